The van der Waals surface area contributed by atoms with Crippen molar-refractivity contribution < 1.29 is 23.4 Å². The smallest absolute Gasteiger partial charge is 0.246 e. The van der Waals surface area contributed by atoms with Gasteiger partial charge in [-0.25, -0.2) is 9.37 Å². The van der Waals surface area contributed by atoms with Crippen LogP contribution in [0.4, 0.5) is 10.1 Å². The number of hydrogen-bond acceptors (Lipinski definition) is 6. The number of amides is 1. The first-order valence-electron chi connectivity index (χ1n) is 17.1. The van der Waals surface area contributed by atoms with Crippen molar-refractivity contribution in [3.8, 4) is 23.1 Å². The van der Waals surface area contributed by atoms with Crippen molar-refractivity contribution in [1.29, 1.82) is 0 Å². The molecule has 0 atom stereocenters. The Kier molecular flexibility index (Phi) is 11.9. The van der Waals surface area contributed by atoms with E-state index < -0.39 is 0 Å². The molecule has 0 saturated carbocycles. The fourth-order valence-electron chi connectivity index (χ4n) is 5.79. The minimum absolute atomic E-state index is 0.0244. The monoisotopic (exact) mass is 705 g/mol. The molecule has 0 unspecified atom stereocenters. The summed E-state index contributed by atoms with van der Waals surface area (Å²) in [5.41, 5.74) is 6.15. The van der Waals surface area contributed by atoms with Crippen LogP contribution in [-0.4, -0.2) is 41.5 Å². The number of pyridine rings is 1. The highest BCUT2D eigenvalue weighted by Crippen LogP contribution is 2.34. The van der Waals surface area contributed by atoms with Gasteiger partial charge in [-0.3, -0.25) is 4.79 Å². The van der Waals surface area contributed by atoms with Crippen LogP contribution in [0.5, 0.6) is 23.1 Å². The molecule has 9 heteroatoms. The molecule has 1 amide bonds. The Labute approximate surface area is 303 Å². The van der Waals surface area contributed by atoms with E-state index in [0.29, 0.717) is 54.5 Å². The highest BCUT2D eigenvalue weighted by Gasteiger charge is 2.21. The number of carbonyl (C=O) groups excluding carboxylic acids is 1. The van der Waals surface area contributed by atoms with Crippen molar-refractivity contribution in [3.63, 3.8) is 0 Å². The zero-order valence-electron chi connectivity index (χ0n) is 28.8. The third kappa shape index (κ3) is 10.3. The van der Waals surface area contributed by atoms with Crippen molar-refractivity contribution in [2.45, 2.75) is 45.8 Å². The molecule has 6 rings (SSSR count). The molecule has 0 radical (unpaired) electrons. The molecule has 262 valence electrons. The normalized spacial score (nSPS) is 13.3. The molecule has 51 heavy (non-hydrogen) atoms. The summed E-state index contributed by atoms with van der Waals surface area (Å²) in [4.78, 5) is 19.3. The number of aryl methyl sites for hydroxylation is 2. The zero-order chi connectivity index (χ0) is 35.6. The molecule has 1 aliphatic heterocycles. The van der Waals surface area contributed by atoms with E-state index in [1.54, 1.807) is 42.6 Å². The number of nitrogens with zero attached hydrogens (tertiary/aromatic N) is 2. The lowest BCUT2D eigenvalue weighted by Crippen LogP contribution is -2.41. The number of nitrogens with one attached hydrogen (secondary N) is 1. The Morgan fingerprint density at radius 2 is 1.61 bits per heavy atom. The summed E-state index contributed by atoms with van der Waals surface area (Å²) in [5, 5.41) is 4.04. The first-order valence-corrected chi connectivity index (χ1v) is 17.5. The van der Waals surface area contributed by atoms with Gasteiger partial charge in [-0.05, 0) is 110 Å². The maximum Gasteiger partial charge on any atom is 0.246 e. The predicted molar refractivity (Wildman–Crippen MR) is 200 cm³/mol. The number of halogens is 2. The molecule has 7 nitrogen and oxygen atoms in total. The van der Waals surface area contributed by atoms with Crippen molar-refractivity contribution in [2.75, 3.05) is 25.0 Å². The highest BCUT2D eigenvalue weighted by atomic mass is 35.5. The minimum Gasteiger partial charge on any atom is -0.493 e. The average Bonchev–Trinajstić information content (AvgIpc) is 3.14. The van der Waals surface area contributed by atoms with Gasteiger partial charge in [0.25, 0.3) is 0 Å². The molecule has 5 aromatic rings. The maximum absolute atomic E-state index is 13.1. The van der Waals surface area contributed by atoms with E-state index in [0.717, 1.165) is 47.2 Å². The number of ether oxygens (including phenoxy) is 3. The Bertz CT molecular complexity index is 1900. The van der Waals surface area contributed by atoms with Crippen molar-refractivity contribution in [2.24, 2.45) is 0 Å². The highest BCUT2D eigenvalue weighted by molar-refractivity contribution is 6.32. The van der Waals surface area contributed by atoms with Crippen molar-refractivity contribution in [3.05, 3.63) is 148 Å². The van der Waals surface area contributed by atoms with E-state index in [1.807, 2.05) is 36.1 Å². The zero-order valence-corrected chi connectivity index (χ0v) is 29.5. The van der Waals surface area contributed by atoms with Gasteiger partial charge in [-0.1, -0.05) is 53.6 Å². The quantitative estimate of drug-likeness (QED) is 0.123. The molecule has 4 aromatic carbocycles. The number of anilines is 1. The number of likely N-dealkylation sites (tertiary alicyclic amines) is 1. The molecule has 1 N–H and O–H groups in total. The van der Waals surface area contributed by atoms with Gasteiger partial charge in [0.1, 0.15) is 23.9 Å². The number of rotatable bonds is 13. The van der Waals surface area contributed by atoms with Crippen LogP contribution < -0.4 is 19.5 Å². The lowest BCUT2D eigenvalue weighted by atomic mass is 10.0. The predicted octanol–water partition coefficient (Wildman–Crippen LogP) is 9.60. The van der Waals surface area contributed by atoms with Crippen LogP contribution >= 0.6 is 11.6 Å². The summed E-state index contributed by atoms with van der Waals surface area (Å²) in [6.07, 6.45) is 7.50. The van der Waals surface area contributed by atoms with Crippen LogP contribution in [-0.2, 0) is 17.8 Å². The van der Waals surface area contributed by atoms with Gasteiger partial charge in [0.2, 0.25) is 11.8 Å². The summed E-state index contributed by atoms with van der Waals surface area (Å²) in [6.45, 7) is 6.29. The van der Waals surface area contributed by atoms with Crippen molar-refractivity contribution in [1.82, 2.24) is 9.88 Å². The van der Waals surface area contributed by atoms with Gasteiger partial charge in [-0.2, -0.15) is 0 Å². The number of hydrogen-bond donors (Lipinski definition) is 1. The first-order chi connectivity index (χ1) is 24.8. The third-order valence-corrected chi connectivity index (χ3v) is 9.00. The Morgan fingerprint density at radius 3 is 2.29 bits per heavy atom. The van der Waals surface area contributed by atoms with Crippen LogP contribution in [0.3, 0.4) is 0 Å². The third-order valence-electron chi connectivity index (χ3n) is 8.72. The summed E-state index contributed by atoms with van der Waals surface area (Å²) in [7, 11) is 0. The summed E-state index contributed by atoms with van der Waals surface area (Å²) < 4.78 is 30.6. The number of benzene rings is 4. The fraction of sp³-hybridized carbons (Fsp3) is 0.238. The lowest BCUT2D eigenvalue weighted by molar-refractivity contribution is -0.126. The van der Waals surface area contributed by atoms with E-state index >= 15 is 0 Å². The summed E-state index contributed by atoms with van der Waals surface area (Å²) >= 11 is 6.62. The van der Waals surface area contributed by atoms with Crippen molar-refractivity contribution >= 4 is 29.3 Å². The largest absolute Gasteiger partial charge is 0.493 e. The van der Waals surface area contributed by atoms with E-state index in [-0.39, 0.29) is 17.8 Å². The molecule has 1 aromatic heterocycles. The van der Waals surface area contributed by atoms with Gasteiger partial charge >= 0.3 is 0 Å². The number of aromatic nitrogens is 1. The standard InChI is InChI=1S/C42H41ClFN3O4/c1-29-3-5-32(6-4-29)28-50-38-16-17-40(45-27-38)51-42-30(2)25-33(26-39(42)43)9-18-41(48)47-22-19-36(20-23-47)46-35-12-7-31(8-13-35)21-24-49-37-14-10-34(44)11-15-37/h3-18,25-27,36,46H,19-24,28H2,1-2H3. The Morgan fingerprint density at radius 1 is 0.902 bits per heavy atom. The van der Waals surface area contributed by atoms with Gasteiger partial charge in [0.15, 0.2) is 5.75 Å². The first kappa shape index (κ1) is 35.5. The second-order valence-electron chi connectivity index (χ2n) is 12.7. The van der Waals surface area contributed by atoms with Gasteiger partial charge in [0.05, 0.1) is 17.8 Å². The molecular formula is C42H41ClFN3O4. The lowest BCUT2D eigenvalue weighted by Gasteiger charge is -2.32. The van der Waals surface area contributed by atoms with Gasteiger partial charge in [-0.15, -0.1) is 0 Å². The molecular weight excluding hydrogens is 665 g/mol. The van der Waals surface area contributed by atoms with Crippen LogP contribution in [0, 0.1) is 19.7 Å². The molecule has 1 fully saturated rings. The van der Waals surface area contributed by atoms with Crippen LogP contribution in [0.25, 0.3) is 6.08 Å². The van der Waals surface area contributed by atoms with E-state index in [9.17, 15) is 9.18 Å². The topological polar surface area (TPSA) is 72.9 Å². The second kappa shape index (κ2) is 17.1. The summed E-state index contributed by atoms with van der Waals surface area (Å²) in [5.74, 6) is 1.92. The maximum atomic E-state index is 13.1. The average molecular weight is 706 g/mol. The molecule has 1 saturated heterocycles. The molecule has 0 bridgehead atoms. The van der Waals surface area contributed by atoms with E-state index in [2.05, 4.69) is 53.6 Å². The fourth-order valence-corrected chi connectivity index (χ4v) is 6.10. The van der Waals surface area contributed by atoms with Crippen LogP contribution in [0.1, 0.15) is 40.7 Å². The van der Waals surface area contributed by atoms with E-state index in [1.165, 1.54) is 17.7 Å². The molecule has 0 aliphatic carbocycles. The second-order valence-corrected chi connectivity index (χ2v) is 13.1. The molecule has 0 spiro atoms. The number of carbonyl (C=O) groups is 1. The Hall–Kier alpha value is -5.34. The van der Waals surface area contributed by atoms with Crippen LogP contribution in [0.15, 0.2) is 109 Å². The number of piperidine rings is 1. The van der Waals surface area contributed by atoms with E-state index in [4.69, 9.17) is 25.8 Å². The van der Waals surface area contributed by atoms with Gasteiger partial charge < -0.3 is 24.4 Å². The molecule has 1 aliphatic rings. The van der Waals surface area contributed by atoms with Gasteiger partial charge in [0, 0.05) is 43.4 Å². The molecule has 2 heterocycles. The minimum atomic E-state index is -0.275. The SMILES string of the molecule is Cc1ccc(COc2ccc(Oc3c(C)cc(C=CC(=O)N4CCC(Nc5ccc(CCOc6ccc(F)cc6)cc5)CC4)cc3Cl)nc2)cc1. The van der Waals surface area contributed by atoms with Crippen LogP contribution in [0.2, 0.25) is 5.02 Å². The summed E-state index contributed by atoms with van der Waals surface area (Å²) in [6, 6.07) is 30.2. The Balaban J connectivity index is 0.931.